The van der Waals surface area contributed by atoms with E-state index >= 15 is 0 Å². The Morgan fingerprint density at radius 2 is 1.90 bits per heavy atom. The number of nitrogens with zero attached hydrogens (tertiary/aromatic N) is 4. The number of benzene rings is 1. The van der Waals surface area contributed by atoms with E-state index in [0.717, 1.165) is 6.42 Å². The minimum absolute atomic E-state index is 0.0799. The number of ether oxygens (including phenoxy) is 2. The van der Waals surface area contributed by atoms with E-state index in [-0.39, 0.29) is 24.4 Å². The van der Waals surface area contributed by atoms with Gasteiger partial charge in [0.1, 0.15) is 6.54 Å². The van der Waals surface area contributed by atoms with E-state index in [0.29, 0.717) is 55.0 Å². The predicted molar refractivity (Wildman–Crippen MR) is 116 cm³/mol. The summed E-state index contributed by atoms with van der Waals surface area (Å²) in [5, 5.41) is 2.78. The topological polar surface area (TPSA) is 94.7 Å². The van der Waals surface area contributed by atoms with Gasteiger partial charge in [-0.25, -0.2) is 4.79 Å². The van der Waals surface area contributed by atoms with Crippen molar-refractivity contribution >= 4 is 23.5 Å². The molecule has 1 aromatic rings. The maximum Gasteiger partial charge on any atom is 0.320 e. The lowest BCUT2D eigenvalue weighted by Crippen LogP contribution is -2.36. The Morgan fingerprint density at radius 3 is 2.45 bits per heavy atom. The van der Waals surface area contributed by atoms with Crippen molar-refractivity contribution in [3.05, 3.63) is 17.7 Å². The zero-order chi connectivity index (χ0) is 22.7. The zero-order valence-corrected chi connectivity index (χ0v) is 18.8. The first-order chi connectivity index (χ1) is 14.7. The third-order valence-corrected chi connectivity index (χ3v) is 5.82. The number of anilines is 1. The monoisotopic (exact) mass is 433 g/mol. The van der Waals surface area contributed by atoms with Gasteiger partial charge in [-0.15, -0.1) is 0 Å². The largest absolute Gasteiger partial charge is 0.493 e. The molecule has 2 aliphatic rings. The number of urea groups is 1. The van der Waals surface area contributed by atoms with E-state index in [4.69, 9.17) is 9.47 Å². The average Bonchev–Trinajstić information content (AvgIpc) is 3.35. The van der Waals surface area contributed by atoms with Gasteiger partial charge in [-0.2, -0.15) is 0 Å². The first kappa shape index (κ1) is 22.7. The third kappa shape index (κ3) is 4.84. The molecule has 0 saturated carbocycles. The van der Waals surface area contributed by atoms with Crippen LogP contribution in [0.5, 0.6) is 11.5 Å². The summed E-state index contributed by atoms with van der Waals surface area (Å²) in [6.07, 6.45) is 0.911. The first-order valence-corrected chi connectivity index (χ1v) is 10.3. The van der Waals surface area contributed by atoms with Gasteiger partial charge < -0.3 is 34.4 Å². The Labute approximate surface area is 182 Å². The number of nitrogens with one attached hydrogen (secondary N) is 1. The van der Waals surface area contributed by atoms with Gasteiger partial charge in [0.05, 0.1) is 19.9 Å². The molecule has 0 bridgehead atoms. The van der Waals surface area contributed by atoms with Crippen LogP contribution >= 0.6 is 0 Å². The fourth-order valence-electron chi connectivity index (χ4n) is 3.92. The number of hydrogen-bond acceptors (Lipinski definition) is 6. The van der Waals surface area contributed by atoms with Gasteiger partial charge in [-0.3, -0.25) is 9.59 Å². The second kappa shape index (κ2) is 9.42. The standard InChI is InChI=1S/C21H31N5O5/c1-23(2)15-6-7-25(12-15)20(28)14-10-16(19(31-5)17(11-14)30-4)22-18(27)13-26-9-8-24(3)21(26)29/h10-11,15H,6-9,12-13H2,1-5H3,(H,22,27). The molecule has 170 valence electrons. The highest BCUT2D eigenvalue weighted by Gasteiger charge is 2.30. The molecule has 0 aromatic heterocycles. The molecule has 0 aliphatic carbocycles. The third-order valence-electron chi connectivity index (χ3n) is 5.82. The molecule has 1 unspecified atom stereocenters. The lowest BCUT2D eigenvalue weighted by Gasteiger charge is -2.22. The van der Waals surface area contributed by atoms with Crippen LogP contribution in [0.1, 0.15) is 16.8 Å². The number of amides is 4. The Balaban J connectivity index is 1.80. The highest BCUT2D eigenvalue weighted by Crippen LogP contribution is 2.37. The fraction of sp³-hybridized carbons (Fsp3) is 0.571. The van der Waals surface area contributed by atoms with Gasteiger partial charge in [0.15, 0.2) is 11.5 Å². The van der Waals surface area contributed by atoms with E-state index in [9.17, 15) is 14.4 Å². The molecular weight excluding hydrogens is 402 g/mol. The lowest BCUT2D eigenvalue weighted by molar-refractivity contribution is -0.116. The van der Waals surface area contributed by atoms with Crippen LogP contribution in [0.25, 0.3) is 0 Å². The number of hydrogen-bond donors (Lipinski definition) is 1. The van der Waals surface area contributed by atoms with Gasteiger partial charge in [0, 0.05) is 44.8 Å². The van der Waals surface area contributed by atoms with Crippen molar-refractivity contribution in [3.8, 4) is 11.5 Å². The summed E-state index contributed by atoms with van der Waals surface area (Å²) >= 11 is 0. The second-order valence-corrected chi connectivity index (χ2v) is 8.09. The van der Waals surface area contributed by atoms with Crippen LogP contribution in [-0.4, -0.2) is 112 Å². The molecule has 1 atom stereocenters. The highest BCUT2D eigenvalue weighted by atomic mass is 16.5. The Bertz CT molecular complexity index is 859. The van der Waals surface area contributed by atoms with Crippen molar-refractivity contribution in [2.24, 2.45) is 0 Å². The summed E-state index contributed by atoms with van der Waals surface area (Å²) in [6.45, 7) is 2.30. The van der Waals surface area contributed by atoms with Crippen molar-refractivity contribution in [2.45, 2.75) is 12.5 Å². The molecule has 4 amide bonds. The molecule has 2 heterocycles. The average molecular weight is 434 g/mol. The molecule has 10 nitrogen and oxygen atoms in total. The molecule has 31 heavy (non-hydrogen) atoms. The van der Waals surface area contributed by atoms with Crippen molar-refractivity contribution in [3.63, 3.8) is 0 Å². The number of methoxy groups -OCH3 is 2. The number of rotatable bonds is 7. The zero-order valence-electron chi connectivity index (χ0n) is 18.8. The van der Waals surface area contributed by atoms with Crippen LogP contribution in [0.15, 0.2) is 12.1 Å². The van der Waals surface area contributed by atoms with Crippen LogP contribution < -0.4 is 14.8 Å². The van der Waals surface area contributed by atoms with Crippen molar-refractivity contribution < 1.29 is 23.9 Å². The van der Waals surface area contributed by atoms with Crippen molar-refractivity contribution in [2.75, 3.05) is 73.4 Å². The number of likely N-dealkylation sites (N-methyl/N-ethyl adjacent to an activating group) is 2. The van der Waals surface area contributed by atoms with E-state index in [1.54, 1.807) is 29.0 Å². The summed E-state index contributed by atoms with van der Waals surface area (Å²) < 4.78 is 10.8. The number of likely N-dealkylation sites (tertiary alicyclic amines) is 1. The molecule has 2 saturated heterocycles. The molecule has 3 rings (SSSR count). The quantitative estimate of drug-likeness (QED) is 0.683. The van der Waals surface area contributed by atoms with E-state index in [2.05, 4.69) is 10.2 Å². The molecule has 0 radical (unpaired) electrons. The molecule has 10 heteroatoms. The first-order valence-electron chi connectivity index (χ1n) is 10.3. The summed E-state index contributed by atoms with van der Waals surface area (Å²) in [4.78, 5) is 44.7. The van der Waals surface area contributed by atoms with Crippen LogP contribution in [-0.2, 0) is 4.79 Å². The van der Waals surface area contributed by atoms with Gasteiger partial charge in [-0.05, 0) is 32.6 Å². The minimum atomic E-state index is -0.373. The van der Waals surface area contributed by atoms with Crippen LogP contribution in [0.3, 0.4) is 0 Å². The van der Waals surface area contributed by atoms with Crippen LogP contribution in [0, 0.1) is 0 Å². The summed E-state index contributed by atoms with van der Waals surface area (Å²) in [6, 6.07) is 3.36. The number of carbonyl (C=O) groups is 3. The van der Waals surface area contributed by atoms with Gasteiger partial charge in [0.25, 0.3) is 5.91 Å². The summed E-state index contributed by atoms with van der Waals surface area (Å²) in [5.74, 6) is 0.174. The van der Waals surface area contributed by atoms with Crippen LogP contribution in [0.4, 0.5) is 10.5 Å². The van der Waals surface area contributed by atoms with E-state index in [1.165, 1.54) is 19.1 Å². The SMILES string of the molecule is COc1cc(C(=O)N2CCC(N(C)C)C2)cc(NC(=O)CN2CCN(C)C2=O)c1OC. The van der Waals surface area contributed by atoms with Crippen molar-refractivity contribution in [1.29, 1.82) is 0 Å². The molecular formula is C21H31N5O5. The second-order valence-electron chi connectivity index (χ2n) is 8.09. The Hall–Kier alpha value is -3.01. The van der Waals surface area contributed by atoms with E-state index in [1.807, 2.05) is 14.1 Å². The van der Waals surface area contributed by atoms with Gasteiger partial charge in [-0.1, -0.05) is 0 Å². The lowest BCUT2D eigenvalue weighted by atomic mass is 10.1. The summed E-state index contributed by atoms with van der Waals surface area (Å²) in [7, 11) is 8.66. The normalized spacial score (nSPS) is 18.7. The minimum Gasteiger partial charge on any atom is -0.493 e. The highest BCUT2D eigenvalue weighted by molar-refractivity contribution is 6.00. The van der Waals surface area contributed by atoms with Gasteiger partial charge >= 0.3 is 6.03 Å². The molecule has 1 N–H and O–H groups in total. The molecule has 0 spiro atoms. The Morgan fingerprint density at radius 1 is 1.16 bits per heavy atom. The smallest absolute Gasteiger partial charge is 0.320 e. The Kier molecular flexibility index (Phi) is 6.89. The predicted octanol–water partition coefficient (Wildman–Crippen LogP) is 0.786. The molecule has 2 fully saturated rings. The van der Waals surface area contributed by atoms with E-state index < -0.39 is 0 Å². The van der Waals surface area contributed by atoms with Crippen molar-refractivity contribution in [1.82, 2.24) is 19.6 Å². The van der Waals surface area contributed by atoms with Crippen LogP contribution in [0.2, 0.25) is 0 Å². The fourth-order valence-corrected chi connectivity index (χ4v) is 3.92. The maximum atomic E-state index is 13.1. The maximum absolute atomic E-state index is 13.1. The molecule has 1 aromatic carbocycles. The summed E-state index contributed by atoms with van der Waals surface area (Å²) in [5.41, 5.74) is 0.739. The number of carbonyl (C=O) groups excluding carboxylic acids is 3. The van der Waals surface area contributed by atoms with Gasteiger partial charge in [0.2, 0.25) is 5.91 Å². The molecule has 2 aliphatic heterocycles.